The van der Waals surface area contributed by atoms with Gasteiger partial charge in [-0.1, -0.05) is 61.1 Å². The van der Waals surface area contributed by atoms with Gasteiger partial charge in [0.25, 0.3) is 0 Å². The first-order valence-electron chi connectivity index (χ1n) is 13.5. The molecule has 36 heavy (non-hydrogen) atoms. The van der Waals surface area contributed by atoms with Crippen molar-refractivity contribution < 1.29 is 24.1 Å². The summed E-state index contributed by atoms with van der Waals surface area (Å²) in [6.45, 7) is 11.7. The summed E-state index contributed by atoms with van der Waals surface area (Å²) < 4.78 is 17.4. The van der Waals surface area contributed by atoms with Gasteiger partial charge in [0.2, 0.25) is 5.91 Å². The van der Waals surface area contributed by atoms with Gasteiger partial charge >= 0.3 is 0 Å². The van der Waals surface area contributed by atoms with E-state index in [9.17, 15) is 9.90 Å². The molecule has 0 radical (unpaired) electrons. The number of carbonyl (C=O) groups excluding carboxylic acids is 1. The summed E-state index contributed by atoms with van der Waals surface area (Å²) >= 11 is 0. The number of amides is 1. The largest absolute Gasteiger partial charge is 0.390 e. The lowest BCUT2D eigenvalue weighted by Crippen LogP contribution is -2.35. The lowest BCUT2D eigenvalue weighted by Gasteiger charge is -2.23. The van der Waals surface area contributed by atoms with Gasteiger partial charge in [0, 0.05) is 6.04 Å². The van der Waals surface area contributed by atoms with Crippen LogP contribution in [0.15, 0.2) is 60.3 Å². The van der Waals surface area contributed by atoms with E-state index in [4.69, 9.17) is 14.2 Å². The van der Waals surface area contributed by atoms with Crippen LogP contribution in [-0.4, -0.2) is 60.8 Å². The molecule has 6 heteroatoms. The second-order valence-corrected chi connectivity index (χ2v) is 10.6. The quantitative estimate of drug-likeness (QED) is 0.201. The maximum Gasteiger partial charge on any atom is 0.243 e. The van der Waals surface area contributed by atoms with Crippen molar-refractivity contribution in [3.63, 3.8) is 0 Å². The fourth-order valence-corrected chi connectivity index (χ4v) is 5.13. The van der Waals surface area contributed by atoms with Crippen molar-refractivity contribution in [3.05, 3.63) is 60.3 Å². The summed E-state index contributed by atoms with van der Waals surface area (Å²) in [4.78, 5) is 12.2. The standard InChI is InChI=1S/C30H45NO5/c1-5-9-29(33)31-24(10-8-12-26-17-21(2)13-15-35-26)20-28-30(36-28)27(32)19-23(4)16-22(3)18-25-11-6-7-14-34-25/h5-9,12-13,22,24-28,30,32H,4,10-11,14-20H2,1-3H3,(H,31,33)/b9-5-,12-8+/t22-,24+,25-,26+,27-,28-,30-/m0/s1. The van der Waals surface area contributed by atoms with Crippen molar-refractivity contribution in [2.45, 2.75) is 102 Å². The maximum atomic E-state index is 12.2. The monoisotopic (exact) mass is 499 g/mol. The van der Waals surface area contributed by atoms with Crippen LogP contribution in [-0.2, 0) is 19.0 Å². The number of epoxide rings is 1. The highest BCUT2D eigenvalue weighted by Gasteiger charge is 2.45. The van der Waals surface area contributed by atoms with Gasteiger partial charge in [-0.3, -0.25) is 4.79 Å². The Balaban J connectivity index is 1.42. The van der Waals surface area contributed by atoms with Crippen molar-refractivity contribution in [3.8, 4) is 0 Å². The van der Waals surface area contributed by atoms with Gasteiger partial charge in [0.15, 0.2) is 0 Å². The summed E-state index contributed by atoms with van der Waals surface area (Å²) in [5, 5.41) is 13.8. The zero-order valence-corrected chi connectivity index (χ0v) is 22.2. The molecule has 0 aromatic rings. The van der Waals surface area contributed by atoms with Crippen LogP contribution in [0.2, 0.25) is 0 Å². The van der Waals surface area contributed by atoms with Crippen LogP contribution in [0, 0.1) is 5.92 Å². The van der Waals surface area contributed by atoms with Crippen LogP contribution < -0.4 is 5.32 Å². The Labute approximate surface area is 217 Å². The maximum absolute atomic E-state index is 12.2. The molecule has 7 atom stereocenters. The Morgan fingerprint density at radius 2 is 2.08 bits per heavy atom. The molecule has 6 nitrogen and oxygen atoms in total. The molecule has 3 heterocycles. The van der Waals surface area contributed by atoms with Gasteiger partial charge in [0.1, 0.15) is 6.10 Å². The molecule has 0 bridgehead atoms. The van der Waals surface area contributed by atoms with E-state index in [1.807, 2.05) is 6.92 Å². The van der Waals surface area contributed by atoms with Gasteiger partial charge in [-0.15, -0.1) is 0 Å². The lowest BCUT2D eigenvalue weighted by molar-refractivity contribution is -0.117. The molecule has 0 unspecified atom stereocenters. The molecular weight excluding hydrogens is 454 g/mol. The molecule has 1 saturated heterocycles. The van der Waals surface area contributed by atoms with Crippen molar-refractivity contribution >= 4 is 5.91 Å². The first kappa shape index (κ1) is 28.6. The van der Waals surface area contributed by atoms with Gasteiger partial charge in [-0.05, 0) is 70.8 Å². The smallest absolute Gasteiger partial charge is 0.243 e. The molecule has 1 amide bonds. The van der Waals surface area contributed by atoms with Crippen LogP contribution >= 0.6 is 0 Å². The number of aliphatic hydroxyl groups excluding tert-OH is 1. The Morgan fingerprint density at radius 1 is 1.25 bits per heavy atom. The lowest BCUT2D eigenvalue weighted by atomic mass is 9.91. The van der Waals surface area contributed by atoms with Gasteiger partial charge in [0.05, 0.1) is 37.6 Å². The number of ether oxygens (including phenoxy) is 3. The number of nitrogens with one attached hydrogen (secondary N) is 1. The van der Waals surface area contributed by atoms with Crippen molar-refractivity contribution in [2.75, 3.05) is 13.2 Å². The van der Waals surface area contributed by atoms with Gasteiger partial charge < -0.3 is 24.6 Å². The van der Waals surface area contributed by atoms with E-state index < -0.39 is 6.10 Å². The third-order valence-electron chi connectivity index (χ3n) is 7.01. The number of allylic oxidation sites excluding steroid dienone is 1. The summed E-state index contributed by atoms with van der Waals surface area (Å²) in [6, 6.07) is -0.0693. The number of carbonyl (C=O) groups is 1. The van der Waals surface area contributed by atoms with Crippen LogP contribution in [0.3, 0.4) is 0 Å². The highest BCUT2D eigenvalue weighted by atomic mass is 16.6. The molecule has 1 fully saturated rings. The SMILES string of the molecule is C=C(C[C@H](C)C[C@@H]1CC=CCO1)C[C@H](O)[C@@H]1O[C@H]1C[C@@H](C/C=C/[C@@H]1CC(C)=CCO1)NC(=O)/C=C\C. The van der Waals surface area contributed by atoms with Crippen LogP contribution in [0.1, 0.15) is 65.7 Å². The fraction of sp³-hybridized carbons (Fsp3) is 0.633. The van der Waals surface area contributed by atoms with E-state index in [2.05, 4.69) is 56.1 Å². The highest BCUT2D eigenvalue weighted by Crippen LogP contribution is 2.33. The molecule has 0 spiro atoms. The third-order valence-corrected chi connectivity index (χ3v) is 7.01. The van der Waals surface area contributed by atoms with Crippen LogP contribution in [0.5, 0.6) is 0 Å². The normalized spacial score (nSPS) is 28.6. The third kappa shape index (κ3) is 10.2. The Morgan fingerprint density at radius 3 is 2.81 bits per heavy atom. The summed E-state index contributed by atoms with van der Waals surface area (Å²) in [5.41, 5.74) is 2.39. The predicted octanol–water partition coefficient (Wildman–Crippen LogP) is 4.95. The molecule has 0 saturated carbocycles. The number of aliphatic hydroxyl groups is 1. The Hall–Kier alpha value is -1.99. The summed E-state index contributed by atoms with van der Waals surface area (Å²) in [6.07, 6.45) is 19.0. The first-order valence-corrected chi connectivity index (χ1v) is 13.5. The second-order valence-electron chi connectivity index (χ2n) is 10.6. The zero-order valence-electron chi connectivity index (χ0n) is 22.2. The van der Waals surface area contributed by atoms with Gasteiger partial charge in [-0.25, -0.2) is 0 Å². The van der Waals surface area contributed by atoms with Gasteiger partial charge in [-0.2, -0.15) is 0 Å². The van der Waals surface area contributed by atoms with Crippen molar-refractivity contribution in [1.82, 2.24) is 5.32 Å². The molecule has 3 aliphatic heterocycles. The number of rotatable bonds is 14. The number of hydrogen-bond donors (Lipinski definition) is 2. The van der Waals surface area contributed by atoms with E-state index in [0.717, 1.165) is 31.3 Å². The van der Waals surface area contributed by atoms with Crippen molar-refractivity contribution in [2.24, 2.45) is 5.92 Å². The number of hydrogen-bond acceptors (Lipinski definition) is 5. The molecule has 3 aliphatic rings. The van der Waals surface area contributed by atoms with Crippen molar-refractivity contribution in [1.29, 1.82) is 0 Å². The van der Waals surface area contributed by atoms with Crippen LogP contribution in [0.25, 0.3) is 0 Å². The predicted molar refractivity (Wildman–Crippen MR) is 144 cm³/mol. The highest BCUT2D eigenvalue weighted by molar-refractivity contribution is 5.87. The first-order chi connectivity index (χ1) is 17.3. The van der Waals surface area contributed by atoms with E-state index in [0.29, 0.717) is 38.4 Å². The molecule has 0 aliphatic carbocycles. The van der Waals surface area contributed by atoms with E-state index in [-0.39, 0.29) is 36.4 Å². The minimum Gasteiger partial charge on any atom is -0.390 e. The molecular formula is C30H45NO5. The second kappa shape index (κ2) is 14.7. The van der Waals surface area contributed by atoms with Crippen LogP contribution in [0.4, 0.5) is 0 Å². The molecule has 3 rings (SSSR count). The summed E-state index contributed by atoms with van der Waals surface area (Å²) in [7, 11) is 0. The van der Waals surface area contributed by atoms with E-state index in [1.165, 1.54) is 11.6 Å². The topological polar surface area (TPSA) is 80.3 Å². The average Bonchev–Trinajstić information content (AvgIpc) is 3.59. The molecule has 0 aromatic carbocycles. The van der Waals surface area contributed by atoms with E-state index in [1.54, 1.807) is 6.08 Å². The Kier molecular flexibility index (Phi) is 11.6. The molecule has 200 valence electrons. The average molecular weight is 500 g/mol. The van der Waals surface area contributed by atoms with E-state index >= 15 is 0 Å². The summed E-state index contributed by atoms with van der Waals surface area (Å²) in [5.74, 6) is 0.351. The zero-order chi connectivity index (χ0) is 25.9. The minimum atomic E-state index is -0.573. The fourth-order valence-electron chi connectivity index (χ4n) is 5.13. The minimum absolute atomic E-state index is 0.0620. The molecule has 2 N–H and O–H groups in total. The molecule has 0 aromatic heterocycles. The Bertz CT molecular complexity index is 844.